The summed E-state index contributed by atoms with van der Waals surface area (Å²) in [4.78, 5) is 2.27. The molecule has 0 saturated carbocycles. The lowest BCUT2D eigenvalue weighted by atomic mass is 9.96. The summed E-state index contributed by atoms with van der Waals surface area (Å²) in [6.45, 7) is 9.98. The molecule has 1 saturated heterocycles. The number of rotatable bonds is 6. The van der Waals surface area contributed by atoms with Gasteiger partial charge in [-0.1, -0.05) is 13.8 Å². The fourth-order valence-corrected chi connectivity index (χ4v) is 2.65. The second-order valence-corrected chi connectivity index (χ2v) is 5.50. The molecule has 0 radical (unpaired) electrons. The second kappa shape index (κ2) is 6.65. The maximum Gasteiger partial charge on any atom is 0.163 e. The summed E-state index contributed by atoms with van der Waals surface area (Å²) >= 11 is 0. The van der Waals surface area contributed by atoms with E-state index in [0.717, 1.165) is 38.3 Å². The Morgan fingerprint density at radius 1 is 1.40 bits per heavy atom. The number of morpholine rings is 1. The van der Waals surface area contributed by atoms with Crippen molar-refractivity contribution in [3.63, 3.8) is 0 Å². The molecule has 0 unspecified atom stereocenters. The van der Waals surface area contributed by atoms with E-state index in [1.54, 1.807) is 6.33 Å². The van der Waals surface area contributed by atoms with Crippen molar-refractivity contribution in [1.29, 1.82) is 0 Å². The van der Waals surface area contributed by atoms with E-state index in [-0.39, 0.29) is 6.10 Å². The minimum atomic E-state index is -0.597. The van der Waals surface area contributed by atoms with E-state index < -0.39 is 5.60 Å². The molecule has 2 heterocycles. The first-order valence-electron chi connectivity index (χ1n) is 7.56. The highest BCUT2D eigenvalue weighted by Crippen LogP contribution is 2.23. The van der Waals surface area contributed by atoms with Crippen molar-refractivity contribution < 1.29 is 9.84 Å². The van der Waals surface area contributed by atoms with Crippen LogP contribution in [0, 0.1) is 0 Å². The van der Waals surface area contributed by atoms with Crippen LogP contribution in [0.1, 0.15) is 45.5 Å². The van der Waals surface area contributed by atoms with Crippen molar-refractivity contribution in [1.82, 2.24) is 19.7 Å². The molecular formula is C14H26N4O2. The topological polar surface area (TPSA) is 63.4 Å². The van der Waals surface area contributed by atoms with Crippen LogP contribution >= 0.6 is 0 Å². The number of nitrogens with zero attached hydrogens (tertiary/aromatic N) is 4. The fourth-order valence-electron chi connectivity index (χ4n) is 2.65. The van der Waals surface area contributed by atoms with Crippen LogP contribution in [0.2, 0.25) is 0 Å². The summed E-state index contributed by atoms with van der Waals surface area (Å²) in [5.41, 5.74) is -0.597. The van der Waals surface area contributed by atoms with Gasteiger partial charge >= 0.3 is 0 Å². The molecule has 0 spiro atoms. The lowest BCUT2D eigenvalue weighted by Crippen LogP contribution is -2.48. The molecule has 0 aliphatic carbocycles. The van der Waals surface area contributed by atoms with Gasteiger partial charge in [0.25, 0.3) is 0 Å². The van der Waals surface area contributed by atoms with Gasteiger partial charge in [0.15, 0.2) is 5.82 Å². The number of ether oxygens (including phenoxy) is 1. The Labute approximate surface area is 120 Å². The predicted molar refractivity (Wildman–Crippen MR) is 76.4 cm³/mol. The van der Waals surface area contributed by atoms with Gasteiger partial charge in [-0.05, 0) is 19.8 Å². The number of aliphatic hydroxyl groups is 1. The van der Waals surface area contributed by atoms with Crippen LogP contribution in [0.15, 0.2) is 6.33 Å². The standard InChI is InChI=1S/C14H26N4O2/c1-4-14(19,5-2)10-17-7-8-20-12(9-17)13-16-15-11-18(13)6-3/h11-12,19H,4-10H2,1-3H3/t12-/m0/s1. The zero-order valence-corrected chi connectivity index (χ0v) is 12.7. The van der Waals surface area contributed by atoms with Crippen molar-refractivity contribution in [3.05, 3.63) is 12.2 Å². The third kappa shape index (κ3) is 3.37. The first kappa shape index (κ1) is 15.4. The smallest absolute Gasteiger partial charge is 0.163 e. The second-order valence-electron chi connectivity index (χ2n) is 5.50. The van der Waals surface area contributed by atoms with Gasteiger partial charge < -0.3 is 14.4 Å². The normalized spacial score (nSPS) is 21.3. The molecule has 6 heteroatoms. The number of hydrogen-bond acceptors (Lipinski definition) is 5. The van der Waals surface area contributed by atoms with Crippen LogP contribution in [0.4, 0.5) is 0 Å². The SMILES string of the molecule is CCn1cnnc1[C@@H]1CN(CC(O)(CC)CC)CCO1. The van der Waals surface area contributed by atoms with E-state index in [1.165, 1.54) is 0 Å². The lowest BCUT2D eigenvalue weighted by Gasteiger charge is -2.37. The van der Waals surface area contributed by atoms with Crippen molar-refractivity contribution in [3.8, 4) is 0 Å². The molecule has 1 aromatic rings. The van der Waals surface area contributed by atoms with Gasteiger partial charge in [0.05, 0.1) is 12.2 Å². The van der Waals surface area contributed by atoms with Crippen LogP contribution in [0.25, 0.3) is 0 Å². The molecule has 1 N–H and O–H groups in total. The molecule has 1 atom stereocenters. The van der Waals surface area contributed by atoms with Crippen molar-refractivity contribution >= 4 is 0 Å². The Morgan fingerprint density at radius 2 is 2.15 bits per heavy atom. The van der Waals surface area contributed by atoms with Crippen LogP contribution in [0.3, 0.4) is 0 Å². The molecule has 1 fully saturated rings. The summed E-state index contributed by atoms with van der Waals surface area (Å²) in [7, 11) is 0. The zero-order chi connectivity index (χ0) is 14.6. The van der Waals surface area contributed by atoms with Gasteiger partial charge in [-0.25, -0.2) is 0 Å². The largest absolute Gasteiger partial charge is 0.389 e. The van der Waals surface area contributed by atoms with Gasteiger partial charge in [0, 0.05) is 26.2 Å². The van der Waals surface area contributed by atoms with E-state index >= 15 is 0 Å². The Balaban J connectivity index is 2.02. The van der Waals surface area contributed by atoms with Gasteiger partial charge in [-0.15, -0.1) is 10.2 Å². The zero-order valence-electron chi connectivity index (χ0n) is 12.7. The van der Waals surface area contributed by atoms with Crippen LogP contribution in [0.5, 0.6) is 0 Å². The first-order valence-corrected chi connectivity index (χ1v) is 7.56. The van der Waals surface area contributed by atoms with Crippen molar-refractivity contribution in [2.75, 3.05) is 26.2 Å². The van der Waals surface area contributed by atoms with E-state index in [2.05, 4.69) is 22.0 Å². The Bertz CT molecular complexity index is 417. The quantitative estimate of drug-likeness (QED) is 0.850. The van der Waals surface area contributed by atoms with Crippen LogP contribution in [-0.4, -0.2) is 56.6 Å². The van der Waals surface area contributed by atoms with Gasteiger partial charge in [0.2, 0.25) is 0 Å². The third-order valence-electron chi connectivity index (χ3n) is 4.26. The van der Waals surface area contributed by atoms with Crippen molar-refractivity contribution in [2.24, 2.45) is 0 Å². The first-order chi connectivity index (χ1) is 9.61. The Hall–Kier alpha value is -0.980. The monoisotopic (exact) mass is 282 g/mol. The summed E-state index contributed by atoms with van der Waals surface area (Å²) in [6, 6.07) is 0. The summed E-state index contributed by atoms with van der Waals surface area (Å²) in [5, 5.41) is 18.6. The molecule has 1 aliphatic heterocycles. The minimum Gasteiger partial charge on any atom is -0.389 e. The molecule has 6 nitrogen and oxygen atoms in total. The average Bonchev–Trinajstić information content (AvgIpc) is 2.96. The van der Waals surface area contributed by atoms with Crippen molar-refractivity contribution in [2.45, 2.75) is 51.9 Å². The number of hydrogen-bond donors (Lipinski definition) is 1. The minimum absolute atomic E-state index is 0.0517. The molecule has 1 aromatic heterocycles. The summed E-state index contributed by atoms with van der Waals surface area (Å²) < 4.78 is 7.84. The molecule has 0 amide bonds. The molecule has 1 aliphatic rings. The maximum atomic E-state index is 10.5. The Morgan fingerprint density at radius 3 is 2.80 bits per heavy atom. The van der Waals surface area contributed by atoms with Crippen LogP contribution in [-0.2, 0) is 11.3 Å². The fraction of sp³-hybridized carbons (Fsp3) is 0.857. The Kier molecular flexibility index (Phi) is 5.12. The predicted octanol–water partition coefficient (Wildman–Crippen LogP) is 1.22. The van der Waals surface area contributed by atoms with E-state index in [1.807, 2.05) is 18.4 Å². The van der Waals surface area contributed by atoms with Gasteiger partial charge in [0.1, 0.15) is 12.4 Å². The molecule has 0 aromatic carbocycles. The average molecular weight is 282 g/mol. The third-order valence-corrected chi connectivity index (χ3v) is 4.26. The highest BCUT2D eigenvalue weighted by atomic mass is 16.5. The molecule has 0 bridgehead atoms. The summed E-state index contributed by atoms with van der Waals surface area (Å²) in [5.74, 6) is 0.883. The van der Waals surface area contributed by atoms with Gasteiger partial charge in [-0.2, -0.15) is 0 Å². The number of β-amino-alcohol motifs (C(OH)–C–C–N with tert-alkyl or cyclic N) is 1. The highest BCUT2D eigenvalue weighted by molar-refractivity contribution is 4.95. The van der Waals surface area contributed by atoms with E-state index in [0.29, 0.717) is 13.2 Å². The summed E-state index contributed by atoms with van der Waals surface area (Å²) in [6.07, 6.45) is 3.24. The highest BCUT2D eigenvalue weighted by Gasteiger charge is 2.31. The van der Waals surface area contributed by atoms with E-state index in [4.69, 9.17) is 4.74 Å². The molecule has 114 valence electrons. The molecule has 2 rings (SSSR count). The number of aryl methyl sites for hydroxylation is 1. The molecule has 20 heavy (non-hydrogen) atoms. The maximum absolute atomic E-state index is 10.5. The van der Waals surface area contributed by atoms with Crippen LogP contribution < -0.4 is 0 Å². The lowest BCUT2D eigenvalue weighted by molar-refractivity contribution is -0.0716. The number of aromatic nitrogens is 3. The molecular weight excluding hydrogens is 256 g/mol. The van der Waals surface area contributed by atoms with Gasteiger partial charge in [-0.3, -0.25) is 4.90 Å². The van der Waals surface area contributed by atoms with E-state index in [9.17, 15) is 5.11 Å².